The number of piperidine rings is 1. The zero-order valence-electron chi connectivity index (χ0n) is 14.9. The van der Waals surface area contributed by atoms with Gasteiger partial charge in [-0.25, -0.2) is 9.97 Å². The standard InChI is InChI=1S/C18H28N6/c1-13-5-4-7-22(10-13)18-20-9-16-17(19-6-8-24(16)18)23-11-14(2)21-15(3)12-23/h6,8-9,13-15,21H,4-5,7,10-12H2,1-3H3/t13-,14-,15+/m1/s1. The zero-order valence-corrected chi connectivity index (χ0v) is 14.9. The topological polar surface area (TPSA) is 48.7 Å². The fourth-order valence-corrected chi connectivity index (χ4v) is 4.25. The van der Waals surface area contributed by atoms with E-state index >= 15 is 0 Å². The summed E-state index contributed by atoms with van der Waals surface area (Å²) < 4.78 is 2.22. The number of hydrogen-bond donors (Lipinski definition) is 1. The van der Waals surface area contributed by atoms with E-state index in [9.17, 15) is 0 Å². The summed E-state index contributed by atoms with van der Waals surface area (Å²) in [5.74, 6) is 2.86. The monoisotopic (exact) mass is 328 g/mol. The van der Waals surface area contributed by atoms with Crippen molar-refractivity contribution in [3.05, 3.63) is 18.6 Å². The third-order valence-corrected chi connectivity index (χ3v) is 5.22. The second-order valence-corrected chi connectivity index (χ2v) is 7.63. The van der Waals surface area contributed by atoms with Crippen molar-refractivity contribution >= 4 is 17.3 Å². The Kier molecular flexibility index (Phi) is 4.08. The minimum atomic E-state index is 0.473. The molecule has 2 saturated heterocycles. The molecule has 2 aliphatic rings. The van der Waals surface area contributed by atoms with Crippen LogP contribution in [0.3, 0.4) is 0 Å². The Morgan fingerprint density at radius 1 is 1.04 bits per heavy atom. The average molecular weight is 328 g/mol. The third-order valence-electron chi connectivity index (χ3n) is 5.22. The summed E-state index contributed by atoms with van der Waals surface area (Å²) in [6, 6.07) is 0.947. The van der Waals surface area contributed by atoms with Crippen LogP contribution in [0.25, 0.3) is 5.52 Å². The molecular formula is C18H28N6. The van der Waals surface area contributed by atoms with Gasteiger partial charge in [-0.3, -0.25) is 4.40 Å². The van der Waals surface area contributed by atoms with Crippen molar-refractivity contribution in [2.45, 2.75) is 45.7 Å². The molecule has 0 bridgehead atoms. The highest BCUT2D eigenvalue weighted by molar-refractivity contribution is 5.71. The van der Waals surface area contributed by atoms with Gasteiger partial charge in [-0.1, -0.05) is 6.92 Å². The van der Waals surface area contributed by atoms with E-state index in [1.165, 1.54) is 12.8 Å². The molecule has 0 aliphatic carbocycles. The lowest BCUT2D eigenvalue weighted by Crippen LogP contribution is -2.54. The van der Waals surface area contributed by atoms with Crippen molar-refractivity contribution in [2.24, 2.45) is 5.92 Å². The smallest absolute Gasteiger partial charge is 0.210 e. The molecule has 0 radical (unpaired) electrons. The Balaban J connectivity index is 1.69. The van der Waals surface area contributed by atoms with E-state index in [0.717, 1.165) is 49.4 Å². The first-order valence-electron chi connectivity index (χ1n) is 9.20. The number of anilines is 2. The molecule has 4 heterocycles. The van der Waals surface area contributed by atoms with Crippen LogP contribution in [0, 0.1) is 5.92 Å². The van der Waals surface area contributed by atoms with Crippen LogP contribution < -0.4 is 15.1 Å². The molecule has 1 N–H and O–H groups in total. The molecule has 2 aromatic heterocycles. The largest absolute Gasteiger partial charge is 0.352 e. The molecule has 2 aromatic rings. The van der Waals surface area contributed by atoms with E-state index < -0.39 is 0 Å². The fourth-order valence-electron chi connectivity index (χ4n) is 4.25. The number of aromatic nitrogens is 3. The quantitative estimate of drug-likeness (QED) is 0.915. The molecule has 0 unspecified atom stereocenters. The van der Waals surface area contributed by atoms with Crippen molar-refractivity contribution < 1.29 is 0 Å². The van der Waals surface area contributed by atoms with Crippen LogP contribution in [-0.2, 0) is 0 Å². The van der Waals surface area contributed by atoms with E-state index in [0.29, 0.717) is 12.1 Å². The molecule has 6 heteroatoms. The van der Waals surface area contributed by atoms with Crippen molar-refractivity contribution in [3.63, 3.8) is 0 Å². The summed E-state index contributed by atoms with van der Waals surface area (Å²) in [5, 5.41) is 3.59. The second-order valence-electron chi connectivity index (χ2n) is 7.63. The van der Waals surface area contributed by atoms with Crippen LogP contribution in [0.1, 0.15) is 33.6 Å². The second kappa shape index (κ2) is 6.24. The fraction of sp³-hybridized carbons (Fsp3) is 0.667. The first-order chi connectivity index (χ1) is 11.6. The van der Waals surface area contributed by atoms with Crippen LogP contribution in [0.15, 0.2) is 18.6 Å². The molecule has 0 spiro atoms. The molecule has 2 fully saturated rings. The minimum absolute atomic E-state index is 0.473. The van der Waals surface area contributed by atoms with E-state index in [1.54, 1.807) is 0 Å². The molecule has 3 atom stereocenters. The summed E-state index contributed by atoms with van der Waals surface area (Å²) in [7, 11) is 0. The van der Waals surface area contributed by atoms with Gasteiger partial charge in [0.05, 0.1) is 6.20 Å². The number of nitrogens with zero attached hydrogens (tertiary/aromatic N) is 5. The maximum atomic E-state index is 4.75. The molecule has 24 heavy (non-hydrogen) atoms. The van der Waals surface area contributed by atoms with Crippen molar-refractivity contribution in [3.8, 4) is 0 Å². The van der Waals surface area contributed by atoms with Gasteiger partial charge in [0.15, 0.2) is 5.82 Å². The lowest BCUT2D eigenvalue weighted by atomic mass is 10.0. The normalized spacial score (nSPS) is 28.5. The lowest BCUT2D eigenvalue weighted by molar-refractivity contribution is 0.405. The predicted molar refractivity (Wildman–Crippen MR) is 97.9 cm³/mol. The van der Waals surface area contributed by atoms with E-state index in [-0.39, 0.29) is 0 Å². The SMILES string of the molecule is C[C@@H]1CCCN(c2ncc3c(N4C[C@@H](C)N[C@@H](C)C4)nccn23)C1. The minimum Gasteiger partial charge on any atom is -0.352 e. The Hall–Kier alpha value is -1.82. The Bertz CT molecular complexity index is 701. The Morgan fingerprint density at radius 3 is 2.58 bits per heavy atom. The van der Waals surface area contributed by atoms with Gasteiger partial charge in [-0.15, -0.1) is 0 Å². The Labute approximate surface area is 143 Å². The molecule has 0 aromatic carbocycles. The predicted octanol–water partition coefficient (Wildman–Crippen LogP) is 2.15. The number of rotatable bonds is 2. The van der Waals surface area contributed by atoms with Gasteiger partial charge in [-0.2, -0.15) is 0 Å². The third kappa shape index (κ3) is 2.83. The van der Waals surface area contributed by atoms with Crippen LogP contribution in [0.5, 0.6) is 0 Å². The van der Waals surface area contributed by atoms with Crippen molar-refractivity contribution in [1.82, 2.24) is 19.7 Å². The first kappa shape index (κ1) is 15.7. The van der Waals surface area contributed by atoms with Crippen LogP contribution >= 0.6 is 0 Å². The van der Waals surface area contributed by atoms with E-state index in [4.69, 9.17) is 9.97 Å². The number of hydrogen-bond acceptors (Lipinski definition) is 5. The molecule has 6 nitrogen and oxygen atoms in total. The van der Waals surface area contributed by atoms with E-state index in [1.807, 2.05) is 12.4 Å². The van der Waals surface area contributed by atoms with Gasteiger partial charge in [0.1, 0.15) is 5.52 Å². The van der Waals surface area contributed by atoms with Gasteiger partial charge in [0.2, 0.25) is 5.95 Å². The molecule has 0 saturated carbocycles. The highest BCUT2D eigenvalue weighted by atomic mass is 15.3. The van der Waals surface area contributed by atoms with E-state index in [2.05, 4.69) is 46.5 Å². The van der Waals surface area contributed by atoms with Crippen LogP contribution in [0.2, 0.25) is 0 Å². The summed E-state index contributed by atoms with van der Waals surface area (Å²) in [6.45, 7) is 11.0. The lowest BCUT2D eigenvalue weighted by Gasteiger charge is -2.37. The zero-order chi connectivity index (χ0) is 16.7. The number of imidazole rings is 1. The van der Waals surface area contributed by atoms with Gasteiger partial charge in [-0.05, 0) is 32.6 Å². The van der Waals surface area contributed by atoms with Crippen LogP contribution in [0.4, 0.5) is 11.8 Å². The molecule has 130 valence electrons. The molecule has 2 aliphatic heterocycles. The highest BCUT2D eigenvalue weighted by Crippen LogP contribution is 2.27. The summed E-state index contributed by atoms with van der Waals surface area (Å²) in [4.78, 5) is 14.3. The van der Waals surface area contributed by atoms with Gasteiger partial charge >= 0.3 is 0 Å². The van der Waals surface area contributed by atoms with Crippen molar-refractivity contribution in [1.29, 1.82) is 0 Å². The Morgan fingerprint density at radius 2 is 1.83 bits per heavy atom. The maximum absolute atomic E-state index is 4.75. The number of nitrogens with one attached hydrogen (secondary N) is 1. The van der Waals surface area contributed by atoms with Crippen molar-refractivity contribution in [2.75, 3.05) is 36.0 Å². The number of fused-ring (bicyclic) bond motifs is 1. The van der Waals surface area contributed by atoms with Crippen LogP contribution in [-0.4, -0.2) is 52.6 Å². The van der Waals surface area contributed by atoms with Gasteiger partial charge < -0.3 is 15.1 Å². The summed E-state index contributed by atoms with van der Waals surface area (Å²) in [6.07, 6.45) is 8.53. The highest BCUT2D eigenvalue weighted by Gasteiger charge is 2.25. The average Bonchev–Trinajstić information content (AvgIpc) is 2.98. The van der Waals surface area contributed by atoms with Gasteiger partial charge in [0, 0.05) is 50.7 Å². The first-order valence-corrected chi connectivity index (χ1v) is 9.20. The van der Waals surface area contributed by atoms with Gasteiger partial charge in [0.25, 0.3) is 0 Å². The number of piperazine rings is 1. The molecular weight excluding hydrogens is 300 g/mol. The molecule has 4 rings (SSSR count). The maximum Gasteiger partial charge on any atom is 0.210 e. The summed E-state index contributed by atoms with van der Waals surface area (Å²) >= 11 is 0. The summed E-state index contributed by atoms with van der Waals surface area (Å²) in [5.41, 5.74) is 1.12. The molecule has 0 amide bonds.